The zero-order valence-electron chi connectivity index (χ0n) is 12.2. The van der Waals surface area contributed by atoms with Gasteiger partial charge in [-0.1, -0.05) is 0 Å². The van der Waals surface area contributed by atoms with E-state index in [0.29, 0.717) is 0 Å². The van der Waals surface area contributed by atoms with Crippen LogP contribution in [0.5, 0.6) is 5.75 Å². The van der Waals surface area contributed by atoms with Crippen LogP contribution in [0.1, 0.15) is 0 Å². The van der Waals surface area contributed by atoms with E-state index in [9.17, 15) is 19.7 Å². The molecular weight excluding hydrogens is 331 g/mol. The molecule has 0 unspecified atom stereocenters. The van der Waals surface area contributed by atoms with Crippen LogP contribution in [0.4, 0.5) is 4.39 Å². The van der Waals surface area contributed by atoms with Crippen LogP contribution in [0.25, 0.3) is 0 Å². The van der Waals surface area contributed by atoms with Crippen LogP contribution in [-0.2, 0) is 14.2 Å². The molecule has 128 valence electrons. The summed E-state index contributed by atoms with van der Waals surface area (Å²) < 4.78 is 33.2. The molecule has 0 aromatic heterocycles. The van der Waals surface area contributed by atoms with Gasteiger partial charge >= 0.3 is 5.24 Å². The second kappa shape index (κ2) is 7.95. The Hall–Kier alpha value is -1.36. The highest BCUT2D eigenvalue weighted by atomic mass is 32.1. The first kappa shape index (κ1) is 18.0. The van der Waals surface area contributed by atoms with Crippen LogP contribution in [0.2, 0.25) is 0 Å². The highest BCUT2D eigenvalue weighted by molar-refractivity contribution is 7.79. The fourth-order valence-electron chi connectivity index (χ4n) is 2.03. The van der Waals surface area contributed by atoms with Crippen LogP contribution >= 0.6 is 12.2 Å². The Morgan fingerprint density at radius 3 is 2.43 bits per heavy atom. The predicted octanol–water partition coefficient (Wildman–Crippen LogP) is -0.0400. The molecule has 9 heteroatoms. The maximum Gasteiger partial charge on any atom is 0.357 e. The van der Waals surface area contributed by atoms with Gasteiger partial charge in [0.1, 0.15) is 42.6 Å². The molecule has 1 saturated heterocycles. The van der Waals surface area contributed by atoms with E-state index in [2.05, 4.69) is 0 Å². The number of ether oxygens (including phenoxy) is 4. The van der Waals surface area contributed by atoms with Gasteiger partial charge in [0, 0.05) is 19.3 Å². The molecule has 0 spiro atoms. The number of methoxy groups -OCH3 is 1. The summed E-state index contributed by atoms with van der Waals surface area (Å²) in [7, 11) is 1.29. The van der Waals surface area contributed by atoms with Gasteiger partial charge in [-0.3, -0.25) is 0 Å². The normalized spacial score (nSPS) is 30.7. The van der Waals surface area contributed by atoms with E-state index in [1.807, 2.05) is 0 Å². The van der Waals surface area contributed by atoms with Gasteiger partial charge in [-0.2, -0.15) is 0 Å². The summed E-state index contributed by atoms with van der Waals surface area (Å²) >= 11 is 4.87. The molecule has 0 radical (unpaired) electrons. The molecule has 1 aliphatic rings. The Bertz CT molecular complexity index is 524. The van der Waals surface area contributed by atoms with E-state index in [1.54, 1.807) is 0 Å². The van der Waals surface area contributed by atoms with E-state index < -0.39 is 36.5 Å². The Morgan fingerprint density at radius 1 is 1.17 bits per heavy atom. The minimum absolute atomic E-state index is 0.231. The molecule has 5 atom stereocenters. The zero-order valence-corrected chi connectivity index (χ0v) is 13.0. The smallest absolute Gasteiger partial charge is 0.357 e. The lowest BCUT2D eigenvalue weighted by molar-refractivity contribution is -0.293. The van der Waals surface area contributed by atoms with Crippen molar-refractivity contribution < 1.29 is 38.7 Å². The first-order valence-electron chi connectivity index (χ1n) is 6.75. The van der Waals surface area contributed by atoms with Gasteiger partial charge in [0.2, 0.25) is 0 Å². The maximum atomic E-state index is 12.8. The van der Waals surface area contributed by atoms with Crippen molar-refractivity contribution in [3.05, 3.63) is 30.1 Å². The highest BCUT2D eigenvalue weighted by Crippen LogP contribution is 2.22. The summed E-state index contributed by atoms with van der Waals surface area (Å²) in [6, 6.07) is 5.15. The molecule has 0 bridgehead atoms. The molecule has 0 amide bonds. The lowest BCUT2D eigenvalue weighted by Crippen LogP contribution is -2.59. The fourth-order valence-corrected chi connectivity index (χ4v) is 2.19. The number of benzene rings is 1. The van der Waals surface area contributed by atoms with Crippen molar-refractivity contribution >= 4 is 17.5 Å². The number of hydrogen-bond acceptors (Lipinski definition) is 8. The van der Waals surface area contributed by atoms with Crippen molar-refractivity contribution in [3.8, 4) is 5.75 Å². The first-order chi connectivity index (χ1) is 10.9. The minimum Gasteiger partial charge on any atom is -0.454 e. The zero-order chi connectivity index (χ0) is 17.0. The molecule has 0 saturated carbocycles. The van der Waals surface area contributed by atoms with Crippen molar-refractivity contribution in [2.75, 3.05) is 13.7 Å². The van der Waals surface area contributed by atoms with E-state index in [0.717, 1.165) is 0 Å². The maximum absolute atomic E-state index is 12.8. The van der Waals surface area contributed by atoms with Crippen LogP contribution in [0.15, 0.2) is 24.3 Å². The SMILES string of the molecule is CO[C@@H]1O[C@H](COC(=S)Oc2ccc(F)cc2)[C@@H](O)[C@H](O)[C@H]1O. The summed E-state index contributed by atoms with van der Waals surface area (Å²) in [5.41, 5.74) is 0. The topological polar surface area (TPSA) is 97.6 Å². The molecule has 1 fully saturated rings. The third kappa shape index (κ3) is 4.56. The number of thiocarbonyl (C=S) groups is 1. The highest BCUT2D eigenvalue weighted by Gasteiger charge is 2.44. The summed E-state index contributed by atoms with van der Waals surface area (Å²) in [6.45, 7) is -0.231. The third-order valence-electron chi connectivity index (χ3n) is 3.28. The molecule has 1 aliphatic heterocycles. The molecule has 1 aromatic rings. The van der Waals surface area contributed by atoms with Crippen molar-refractivity contribution in [1.29, 1.82) is 0 Å². The van der Waals surface area contributed by atoms with Crippen LogP contribution in [0.3, 0.4) is 0 Å². The lowest BCUT2D eigenvalue weighted by atomic mass is 9.99. The molecule has 7 nitrogen and oxygen atoms in total. The summed E-state index contributed by atoms with van der Waals surface area (Å²) in [6.07, 6.45) is -6.30. The standard InChI is InChI=1S/C14H17FO7S/c1-19-13-12(18)11(17)10(16)9(22-13)6-20-14(23)21-8-4-2-7(15)3-5-8/h2-5,9-13,16-18H,6H2,1H3/t9-,10-,11+,12-,13-/m1/s1. The molecule has 3 N–H and O–H groups in total. The van der Waals surface area contributed by atoms with Gasteiger partial charge in [0.15, 0.2) is 6.29 Å². The number of aliphatic hydroxyl groups excluding tert-OH is 3. The summed E-state index contributed by atoms with van der Waals surface area (Å²) in [4.78, 5) is 0. The Balaban J connectivity index is 1.86. The van der Waals surface area contributed by atoms with Gasteiger partial charge in [-0.05, 0) is 24.3 Å². The average molecular weight is 348 g/mol. The van der Waals surface area contributed by atoms with E-state index in [1.165, 1.54) is 31.4 Å². The minimum atomic E-state index is -1.45. The Labute approximate surface area is 137 Å². The third-order valence-corrected chi connectivity index (χ3v) is 3.48. The van der Waals surface area contributed by atoms with Crippen LogP contribution in [0, 0.1) is 5.82 Å². The van der Waals surface area contributed by atoms with E-state index >= 15 is 0 Å². The van der Waals surface area contributed by atoms with Crippen molar-refractivity contribution in [1.82, 2.24) is 0 Å². The Morgan fingerprint density at radius 2 is 1.83 bits per heavy atom. The first-order valence-corrected chi connectivity index (χ1v) is 7.16. The van der Waals surface area contributed by atoms with Gasteiger partial charge in [0.05, 0.1) is 0 Å². The van der Waals surface area contributed by atoms with Gasteiger partial charge < -0.3 is 34.3 Å². The number of aliphatic hydroxyl groups is 3. The Kier molecular flexibility index (Phi) is 6.22. The van der Waals surface area contributed by atoms with Gasteiger partial charge in [-0.25, -0.2) is 4.39 Å². The van der Waals surface area contributed by atoms with Gasteiger partial charge in [0.25, 0.3) is 0 Å². The summed E-state index contributed by atoms with van der Waals surface area (Å²) in [5, 5.41) is 29.0. The second-order valence-electron chi connectivity index (χ2n) is 4.87. The van der Waals surface area contributed by atoms with Crippen LogP contribution < -0.4 is 4.74 Å². The largest absolute Gasteiger partial charge is 0.454 e. The molecule has 23 heavy (non-hydrogen) atoms. The number of rotatable bonds is 4. The second-order valence-corrected chi connectivity index (χ2v) is 5.20. The summed E-state index contributed by atoms with van der Waals surface area (Å²) in [5.74, 6) is -0.132. The fraction of sp³-hybridized carbons (Fsp3) is 0.500. The quantitative estimate of drug-likeness (QED) is 0.652. The lowest BCUT2D eigenvalue weighted by Gasteiger charge is -2.39. The van der Waals surface area contributed by atoms with Crippen molar-refractivity contribution in [2.45, 2.75) is 30.7 Å². The van der Waals surface area contributed by atoms with E-state index in [4.69, 9.17) is 31.2 Å². The molecule has 1 aromatic carbocycles. The molecule has 2 rings (SSSR count). The van der Waals surface area contributed by atoms with Gasteiger partial charge in [-0.15, -0.1) is 0 Å². The molecule has 0 aliphatic carbocycles. The van der Waals surface area contributed by atoms with Crippen LogP contribution in [-0.4, -0.2) is 65.0 Å². The number of halogens is 1. The molecule has 1 heterocycles. The van der Waals surface area contributed by atoms with Crippen molar-refractivity contribution in [2.24, 2.45) is 0 Å². The number of hydrogen-bond donors (Lipinski definition) is 3. The molecular formula is C14H17FO7S. The van der Waals surface area contributed by atoms with E-state index in [-0.39, 0.29) is 17.6 Å². The average Bonchev–Trinajstić information content (AvgIpc) is 2.54. The monoisotopic (exact) mass is 348 g/mol. The predicted molar refractivity (Wildman–Crippen MR) is 79.3 cm³/mol. The van der Waals surface area contributed by atoms with Crippen molar-refractivity contribution in [3.63, 3.8) is 0 Å².